The minimum absolute atomic E-state index is 0.192. The molecular weight excluding hydrogens is 548 g/mol. The van der Waals surface area contributed by atoms with E-state index in [1.54, 1.807) is 31.6 Å². The average molecular weight is 579 g/mol. The van der Waals surface area contributed by atoms with Crippen LogP contribution in [0.3, 0.4) is 0 Å². The van der Waals surface area contributed by atoms with E-state index in [9.17, 15) is 9.59 Å². The molecule has 0 unspecified atom stereocenters. The van der Waals surface area contributed by atoms with Crippen molar-refractivity contribution >= 4 is 44.9 Å². The summed E-state index contributed by atoms with van der Waals surface area (Å²) in [6.45, 7) is 5.97. The molecule has 0 saturated carbocycles. The van der Waals surface area contributed by atoms with Gasteiger partial charge < -0.3 is 14.2 Å². The maximum atomic E-state index is 14.4. The molecule has 8 heteroatoms. The lowest BCUT2D eigenvalue weighted by atomic mass is 9.94. The zero-order valence-corrected chi connectivity index (χ0v) is 24.7. The van der Waals surface area contributed by atoms with E-state index in [-0.39, 0.29) is 12.2 Å². The fraction of sp³-hybridized carbons (Fsp3) is 0.206. The second-order valence-corrected chi connectivity index (χ2v) is 10.9. The average Bonchev–Trinajstić information content (AvgIpc) is 3.30. The fourth-order valence-corrected chi connectivity index (χ4v) is 6.66. The Hall–Kier alpha value is -4.69. The monoisotopic (exact) mass is 578 g/mol. The van der Waals surface area contributed by atoms with Crippen molar-refractivity contribution in [1.82, 2.24) is 4.57 Å². The highest BCUT2D eigenvalue weighted by atomic mass is 32.1. The maximum absolute atomic E-state index is 14.4. The Morgan fingerprint density at radius 1 is 0.976 bits per heavy atom. The molecule has 212 valence electrons. The lowest BCUT2D eigenvalue weighted by molar-refractivity contribution is -0.139. The summed E-state index contributed by atoms with van der Waals surface area (Å²) in [5, 5.41) is 4.28. The normalized spacial score (nSPS) is 15.0. The summed E-state index contributed by atoms with van der Waals surface area (Å²) in [7, 11) is 1.56. The number of aromatic nitrogens is 1. The van der Waals surface area contributed by atoms with Crippen LogP contribution >= 0.6 is 11.3 Å². The third kappa shape index (κ3) is 4.58. The van der Waals surface area contributed by atoms with Crippen molar-refractivity contribution in [2.24, 2.45) is 4.99 Å². The first kappa shape index (κ1) is 27.5. The van der Waals surface area contributed by atoms with Crippen LogP contribution in [0.15, 0.2) is 93.9 Å². The van der Waals surface area contributed by atoms with Crippen LogP contribution in [-0.2, 0) is 9.53 Å². The number of fused-ring (bicyclic) bond motifs is 3. The summed E-state index contributed by atoms with van der Waals surface area (Å²) >= 11 is 1.30. The van der Waals surface area contributed by atoms with Crippen LogP contribution in [0.5, 0.6) is 11.5 Å². The van der Waals surface area contributed by atoms with E-state index in [4.69, 9.17) is 19.2 Å². The molecule has 1 aliphatic rings. The molecule has 0 bridgehead atoms. The molecule has 0 spiro atoms. The Morgan fingerprint density at radius 2 is 1.67 bits per heavy atom. The van der Waals surface area contributed by atoms with Gasteiger partial charge in [-0.05, 0) is 66.1 Å². The fourth-order valence-electron chi connectivity index (χ4n) is 5.63. The first-order chi connectivity index (χ1) is 20.5. The van der Waals surface area contributed by atoms with Crippen LogP contribution in [0.4, 0.5) is 0 Å². The Bertz CT molecular complexity index is 2020. The number of carbonyl (C=O) groups is 1. The number of allylic oxidation sites excluding steroid dienone is 1. The smallest absolute Gasteiger partial charge is 0.338 e. The van der Waals surface area contributed by atoms with Gasteiger partial charge in [0.05, 0.1) is 36.1 Å². The van der Waals surface area contributed by atoms with Gasteiger partial charge in [-0.25, -0.2) is 9.79 Å². The van der Waals surface area contributed by atoms with Crippen LogP contribution in [0.25, 0.3) is 27.6 Å². The molecule has 0 amide bonds. The van der Waals surface area contributed by atoms with Gasteiger partial charge in [0.15, 0.2) is 16.3 Å². The molecule has 4 aromatic carbocycles. The van der Waals surface area contributed by atoms with E-state index < -0.39 is 12.0 Å². The molecule has 0 aliphatic carbocycles. The van der Waals surface area contributed by atoms with Crippen molar-refractivity contribution in [1.29, 1.82) is 0 Å². The van der Waals surface area contributed by atoms with Gasteiger partial charge in [0.25, 0.3) is 5.56 Å². The minimum atomic E-state index is -0.816. The Balaban J connectivity index is 1.66. The van der Waals surface area contributed by atoms with E-state index in [1.807, 2.05) is 49.4 Å². The Kier molecular flexibility index (Phi) is 7.39. The van der Waals surface area contributed by atoms with Crippen LogP contribution in [0, 0.1) is 0 Å². The second kappa shape index (κ2) is 11.3. The summed E-state index contributed by atoms with van der Waals surface area (Å²) in [4.78, 5) is 33.0. The molecule has 0 N–H and O–H groups in total. The highest BCUT2D eigenvalue weighted by Gasteiger charge is 2.36. The highest BCUT2D eigenvalue weighted by Crippen LogP contribution is 2.41. The number of hydrogen-bond donors (Lipinski definition) is 0. The van der Waals surface area contributed by atoms with Gasteiger partial charge in [-0.3, -0.25) is 9.36 Å². The SMILES string of the molecule is CCOC(=O)C1=C(C)N=c2s/c(=C\c3c4ccccc4cc4ccccc34)c(=O)n2[C@H]1c1cccc(OC)c1OCC. The van der Waals surface area contributed by atoms with Gasteiger partial charge in [-0.15, -0.1) is 0 Å². The van der Waals surface area contributed by atoms with Crippen molar-refractivity contribution in [2.75, 3.05) is 20.3 Å². The number of rotatable bonds is 7. The number of benzene rings is 4. The van der Waals surface area contributed by atoms with E-state index in [0.717, 1.165) is 27.1 Å². The van der Waals surface area contributed by atoms with Crippen LogP contribution in [-0.4, -0.2) is 30.9 Å². The molecule has 42 heavy (non-hydrogen) atoms. The summed E-state index contributed by atoms with van der Waals surface area (Å²) < 4.78 is 19.2. The van der Waals surface area contributed by atoms with Gasteiger partial charge in [-0.1, -0.05) is 72.0 Å². The topological polar surface area (TPSA) is 79.1 Å². The minimum Gasteiger partial charge on any atom is -0.493 e. The number of nitrogens with zero attached hydrogens (tertiary/aromatic N) is 2. The molecule has 0 radical (unpaired) electrons. The largest absolute Gasteiger partial charge is 0.493 e. The Morgan fingerprint density at radius 3 is 2.31 bits per heavy atom. The standard InChI is InChI=1S/C34H30N2O5S/c1-5-40-31-25(16-11-17-27(31)39-4)30-29(33(38)41-6-2)20(3)35-34-36(30)32(37)28(42-34)19-26-23-14-9-7-12-21(23)18-22-13-8-10-15-24(22)26/h7-19,30H,5-6H2,1-4H3/b28-19-/t30-/m0/s1. The molecular formula is C34H30N2O5S. The van der Waals surface area contributed by atoms with E-state index in [0.29, 0.717) is 44.3 Å². The molecule has 0 fully saturated rings. The molecule has 1 aliphatic heterocycles. The summed E-state index contributed by atoms with van der Waals surface area (Å²) in [6.07, 6.45) is 1.95. The molecule has 2 heterocycles. The van der Waals surface area contributed by atoms with Crippen LogP contribution < -0.4 is 24.4 Å². The van der Waals surface area contributed by atoms with Crippen LogP contribution in [0.2, 0.25) is 0 Å². The number of thiazole rings is 1. The van der Waals surface area contributed by atoms with Gasteiger partial charge in [-0.2, -0.15) is 0 Å². The molecule has 0 saturated heterocycles. The quantitative estimate of drug-likeness (QED) is 0.188. The lowest BCUT2D eigenvalue weighted by Crippen LogP contribution is -2.40. The summed E-state index contributed by atoms with van der Waals surface area (Å²) in [6, 6.07) is 23.1. The number of para-hydroxylation sites is 1. The van der Waals surface area contributed by atoms with Crippen molar-refractivity contribution < 1.29 is 19.0 Å². The highest BCUT2D eigenvalue weighted by molar-refractivity contribution is 7.07. The third-order valence-electron chi connectivity index (χ3n) is 7.42. The van der Waals surface area contributed by atoms with E-state index in [1.165, 1.54) is 11.3 Å². The maximum Gasteiger partial charge on any atom is 0.338 e. The first-order valence-electron chi connectivity index (χ1n) is 13.9. The number of ether oxygens (including phenoxy) is 3. The van der Waals surface area contributed by atoms with Crippen molar-refractivity contribution in [2.45, 2.75) is 26.8 Å². The number of methoxy groups -OCH3 is 1. The first-order valence-corrected chi connectivity index (χ1v) is 14.7. The van der Waals surface area contributed by atoms with Gasteiger partial charge in [0.2, 0.25) is 0 Å². The summed E-state index contributed by atoms with van der Waals surface area (Å²) in [5.74, 6) is 0.457. The number of carbonyl (C=O) groups excluding carboxylic acids is 1. The van der Waals surface area contributed by atoms with E-state index >= 15 is 0 Å². The lowest BCUT2D eigenvalue weighted by Gasteiger charge is -2.26. The molecule has 5 aromatic rings. The molecule has 1 atom stereocenters. The van der Waals surface area contributed by atoms with Gasteiger partial charge in [0.1, 0.15) is 6.04 Å². The zero-order valence-electron chi connectivity index (χ0n) is 23.8. The zero-order chi connectivity index (χ0) is 29.4. The van der Waals surface area contributed by atoms with Crippen molar-refractivity contribution in [3.63, 3.8) is 0 Å². The van der Waals surface area contributed by atoms with Gasteiger partial charge in [0, 0.05) is 5.56 Å². The second-order valence-electron chi connectivity index (χ2n) is 9.85. The molecule has 1 aromatic heterocycles. The van der Waals surface area contributed by atoms with Gasteiger partial charge >= 0.3 is 5.97 Å². The van der Waals surface area contributed by atoms with Crippen molar-refractivity contribution in [3.05, 3.63) is 115 Å². The summed E-state index contributed by atoms with van der Waals surface area (Å²) in [5.41, 5.74) is 2.12. The number of hydrogen-bond acceptors (Lipinski definition) is 7. The third-order valence-corrected chi connectivity index (χ3v) is 8.40. The predicted molar refractivity (Wildman–Crippen MR) is 166 cm³/mol. The van der Waals surface area contributed by atoms with Crippen molar-refractivity contribution in [3.8, 4) is 11.5 Å². The predicted octanol–water partition coefficient (Wildman–Crippen LogP) is 5.51. The van der Waals surface area contributed by atoms with E-state index in [2.05, 4.69) is 30.3 Å². The van der Waals surface area contributed by atoms with Crippen LogP contribution in [0.1, 0.15) is 37.9 Å². The Labute approximate surface area is 246 Å². The molecule has 7 nitrogen and oxygen atoms in total. The molecule has 6 rings (SSSR count). The number of esters is 1.